The first-order valence-electron chi connectivity index (χ1n) is 8.89. The zero-order valence-electron chi connectivity index (χ0n) is 16.4. The highest BCUT2D eigenvalue weighted by atomic mass is 28.4. The fraction of sp³-hybridized carbons (Fsp3) is 0.706. The highest BCUT2D eigenvalue weighted by Gasteiger charge is 2.51. The number of rotatable bonds is 4. The highest BCUT2D eigenvalue weighted by molar-refractivity contribution is 6.74. The van der Waals surface area contributed by atoms with Crippen LogP contribution in [0, 0.1) is 0 Å². The Bertz CT molecular complexity index is 803. The van der Waals surface area contributed by atoms with Gasteiger partial charge >= 0.3 is 0 Å². The quantitative estimate of drug-likeness (QED) is 0.785. The molecule has 0 radical (unpaired) electrons. The molecule has 1 saturated heterocycles. The number of hydrogen-bond acceptors (Lipinski definition) is 7. The van der Waals surface area contributed by atoms with Gasteiger partial charge in [-0.1, -0.05) is 20.8 Å². The van der Waals surface area contributed by atoms with Crippen LogP contribution in [0.2, 0.25) is 18.1 Å². The average Bonchev–Trinajstić information content (AvgIpc) is 3.09. The monoisotopic (exact) mass is 379 g/mol. The number of hydrogen-bond donors (Lipinski definition) is 2. The summed E-state index contributed by atoms with van der Waals surface area (Å²) in [5.41, 5.74) is 6.39. The van der Waals surface area contributed by atoms with E-state index in [1.54, 1.807) is 10.7 Å². The molecule has 0 amide bonds. The number of nitrogen functional groups attached to an aromatic ring is 1. The van der Waals surface area contributed by atoms with E-state index in [4.69, 9.17) is 14.9 Å². The molecule has 0 bridgehead atoms. The SMILES string of the molecule is CC(C)(C)[Si](C)(C)O[C@H]1C[C@H](c2cnc3c(N)ncnn23)O[C@]1(C)CO. The van der Waals surface area contributed by atoms with Crippen LogP contribution in [0.3, 0.4) is 0 Å². The number of fused-ring (bicyclic) bond motifs is 1. The lowest BCUT2D eigenvalue weighted by Crippen LogP contribution is -2.50. The van der Waals surface area contributed by atoms with Crippen LogP contribution in [0.4, 0.5) is 5.82 Å². The van der Waals surface area contributed by atoms with Gasteiger partial charge in [0.1, 0.15) is 18.0 Å². The van der Waals surface area contributed by atoms with Gasteiger partial charge in [0, 0.05) is 6.42 Å². The number of aromatic nitrogens is 4. The standard InChI is InChI=1S/C17H29N5O3Si/c1-16(2,3)26(5,6)25-13-7-12(24-17(13,4)9-23)11-8-19-15-14(18)20-10-21-22(11)15/h8,10,12-13,23H,7,9H2,1-6H3,(H2,18,20,21)/t12-,13+,17-/m1/s1. The van der Waals surface area contributed by atoms with E-state index >= 15 is 0 Å². The summed E-state index contributed by atoms with van der Waals surface area (Å²) in [6.45, 7) is 12.8. The van der Waals surface area contributed by atoms with Crippen LogP contribution < -0.4 is 5.73 Å². The molecule has 0 unspecified atom stereocenters. The van der Waals surface area contributed by atoms with E-state index in [2.05, 4.69) is 48.9 Å². The molecule has 1 aliphatic rings. The molecule has 3 atom stereocenters. The van der Waals surface area contributed by atoms with Crippen molar-refractivity contribution in [3.05, 3.63) is 18.2 Å². The molecule has 1 aliphatic heterocycles. The van der Waals surface area contributed by atoms with E-state index in [9.17, 15) is 5.11 Å². The molecule has 3 N–H and O–H groups in total. The zero-order chi connectivity index (χ0) is 19.3. The molecule has 3 rings (SSSR count). The predicted molar refractivity (Wildman–Crippen MR) is 101 cm³/mol. The highest BCUT2D eigenvalue weighted by Crippen LogP contribution is 2.45. The predicted octanol–water partition coefficient (Wildman–Crippen LogP) is 2.31. The number of aliphatic hydroxyl groups is 1. The van der Waals surface area contributed by atoms with Gasteiger partial charge in [-0.25, -0.2) is 14.5 Å². The van der Waals surface area contributed by atoms with Crippen LogP contribution in [0.25, 0.3) is 5.65 Å². The molecule has 2 aromatic rings. The Balaban J connectivity index is 1.91. The van der Waals surface area contributed by atoms with Crippen molar-refractivity contribution >= 4 is 19.8 Å². The Morgan fingerprint density at radius 1 is 1.42 bits per heavy atom. The number of aliphatic hydroxyl groups excluding tert-OH is 1. The smallest absolute Gasteiger partial charge is 0.196 e. The van der Waals surface area contributed by atoms with Crippen molar-refractivity contribution in [2.75, 3.05) is 12.3 Å². The Kier molecular flexibility index (Phi) is 4.63. The molecule has 0 spiro atoms. The van der Waals surface area contributed by atoms with Crippen LogP contribution in [0.5, 0.6) is 0 Å². The molecule has 9 heteroatoms. The number of nitrogens with two attached hydrogens (primary N) is 1. The molecule has 8 nitrogen and oxygen atoms in total. The molecule has 26 heavy (non-hydrogen) atoms. The van der Waals surface area contributed by atoms with Crippen LogP contribution >= 0.6 is 0 Å². The third-order valence-corrected chi connectivity index (χ3v) is 10.3. The number of anilines is 1. The van der Waals surface area contributed by atoms with Crippen LogP contribution in [0.15, 0.2) is 12.5 Å². The van der Waals surface area contributed by atoms with Gasteiger partial charge < -0.3 is 20.0 Å². The fourth-order valence-corrected chi connectivity index (χ4v) is 4.40. The summed E-state index contributed by atoms with van der Waals surface area (Å²) in [6.07, 6.45) is 3.24. The third-order valence-electron chi connectivity index (χ3n) is 5.76. The van der Waals surface area contributed by atoms with Crippen molar-refractivity contribution in [1.29, 1.82) is 0 Å². The van der Waals surface area contributed by atoms with Gasteiger partial charge in [-0.15, -0.1) is 0 Å². The van der Waals surface area contributed by atoms with E-state index in [0.29, 0.717) is 17.9 Å². The Labute approximate surface area is 154 Å². The maximum atomic E-state index is 10.0. The van der Waals surface area contributed by atoms with Crippen molar-refractivity contribution in [3.63, 3.8) is 0 Å². The summed E-state index contributed by atoms with van der Waals surface area (Å²) >= 11 is 0. The molecule has 1 fully saturated rings. The summed E-state index contributed by atoms with van der Waals surface area (Å²) in [5, 5.41) is 14.3. The Morgan fingerprint density at radius 3 is 2.73 bits per heavy atom. The summed E-state index contributed by atoms with van der Waals surface area (Å²) in [4.78, 5) is 8.28. The lowest BCUT2D eigenvalue weighted by Gasteiger charge is -2.41. The largest absolute Gasteiger partial charge is 0.411 e. The van der Waals surface area contributed by atoms with Crippen molar-refractivity contribution < 1.29 is 14.3 Å². The lowest BCUT2D eigenvalue weighted by molar-refractivity contribution is -0.0971. The van der Waals surface area contributed by atoms with E-state index in [1.807, 2.05) is 6.92 Å². The van der Waals surface area contributed by atoms with E-state index in [1.165, 1.54) is 6.33 Å². The first-order valence-corrected chi connectivity index (χ1v) is 11.8. The second-order valence-electron chi connectivity index (χ2n) is 8.74. The minimum Gasteiger partial charge on any atom is -0.411 e. The minimum atomic E-state index is -2.01. The maximum Gasteiger partial charge on any atom is 0.196 e. The molecular formula is C17H29N5O3Si. The van der Waals surface area contributed by atoms with E-state index < -0.39 is 13.9 Å². The fourth-order valence-electron chi connectivity index (χ4n) is 2.99. The molecule has 0 saturated carbocycles. The first kappa shape index (κ1) is 19.2. The van der Waals surface area contributed by atoms with Gasteiger partial charge in [0.05, 0.1) is 24.6 Å². The van der Waals surface area contributed by atoms with E-state index in [-0.39, 0.29) is 23.9 Å². The first-order chi connectivity index (χ1) is 12.0. The normalized spacial score (nSPS) is 27.3. The van der Waals surface area contributed by atoms with Gasteiger partial charge in [-0.05, 0) is 25.1 Å². The second kappa shape index (κ2) is 6.26. The molecule has 0 aromatic carbocycles. The number of ether oxygens (including phenoxy) is 1. The van der Waals surface area contributed by atoms with Crippen molar-refractivity contribution in [2.24, 2.45) is 0 Å². The Morgan fingerprint density at radius 2 is 2.12 bits per heavy atom. The van der Waals surface area contributed by atoms with Gasteiger partial charge in [0.2, 0.25) is 0 Å². The molecular weight excluding hydrogens is 350 g/mol. The second-order valence-corrected chi connectivity index (χ2v) is 13.5. The average molecular weight is 380 g/mol. The molecule has 144 valence electrons. The summed E-state index contributed by atoms with van der Waals surface area (Å²) in [6, 6.07) is 0. The van der Waals surface area contributed by atoms with Crippen LogP contribution in [-0.4, -0.2) is 51.3 Å². The van der Waals surface area contributed by atoms with Gasteiger partial charge in [-0.2, -0.15) is 5.10 Å². The van der Waals surface area contributed by atoms with Gasteiger partial charge in [-0.3, -0.25) is 0 Å². The van der Waals surface area contributed by atoms with Crippen LogP contribution in [0.1, 0.15) is 45.9 Å². The van der Waals surface area contributed by atoms with Crippen LogP contribution in [-0.2, 0) is 9.16 Å². The zero-order valence-corrected chi connectivity index (χ0v) is 17.4. The topological polar surface area (TPSA) is 108 Å². The molecule has 3 heterocycles. The van der Waals surface area contributed by atoms with Crippen molar-refractivity contribution in [1.82, 2.24) is 19.6 Å². The Hall–Kier alpha value is -1.55. The summed E-state index contributed by atoms with van der Waals surface area (Å²) in [5.74, 6) is 0.322. The van der Waals surface area contributed by atoms with Gasteiger partial charge in [0.15, 0.2) is 19.8 Å². The van der Waals surface area contributed by atoms with Gasteiger partial charge in [0.25, 0.3) is 0 Å². The number of nitrogens with zero attached hydrogens (tertiary/aromatic N) is 4. The van der Waals surface area contributed by atoms with Crippen molar-refractivity contribution in [2.45, 2.75) is 70.1 Å². The van der Waals surface area contributed by atoms with E-state index in [0.717, 1.165) is 5.69 Å². The summed E-state index contributed by atoms with van der Waals surface area (Å²) in [7, 11) is -2.01. The minimum absolute atomic E-state index is 0.0758. The maximum absolute atomic E-state index is 10.0. The molecule has 0 aliphatic carbocycles. The lowest BCUT2D eigenvalue weighted by atomic mass is 9.99. The number of imidazole rings is 1. The summed E-state index contributed by atoms with van der Waals surface area (Å²) < 4.78 is 14.5. The molecule has 2 aromatic heterocycles. The van der Waals surface area contributed by atoms with Crippen molar-refractivity contribution in [3.8, 4) is 0 Å². The third kappa shape index (κ3) is 3.13.